The van der Waals surface area contributed by atoms with Crippen molar-refractivity contribution in [2.75, 3.05) is 6.54 Å². The molecule has 1 aromatic carbocycles. The molecule has 1 aliphatic rings. The Morgan fingerprint density at radius 2 is 2.21 bits per heavy atom. The molecule has 7 heteroatoms. The number of nitro groups is 1. The molecule has 0 radical (unpaired) electrons. The van der Waals surface area contributed by atoms with Gasteiger partial charge in [0.15, 0.2) is 0 Å². The van der Waals surface area contributed by atoms with Crippen molar-refractivity contribution in [2.45, 2.75) is 24.9 Å². The molecule has 2 rings (SSSR count). The summed E-state index contributed by atoms with van der Waals surface area (Å²) in [5, 5.41) is 23.5. The number of rotatable bonds is 4. The molecule has 0 bridgehead atoms. The smallest absolute Gasteiger partial charge is 0.282 e. The summed E-state index contributed by atoms with van der Waals surface area (Å²) < 4.78 is 0. The van der Waals surface area contributed by atoms with Crippen LogP contribution in [-0.2, 0) is 0 Å². The zero-order valence-electron chi connectivity index (χ0n) is 10.1. The van der Waals surface area contributed by atoms with Gasteiger partial charge in [-0.25, -0.2) is 0 Å². The van der Waals surface area contributed by atoms with Crippen molar-refractivity contribution in [3.05, 3.63) is 38.9 Å². The van der Waals surface area contributed by atoms with Gasteiger partial charge in [-0.05, 0) is 31.4 Å². The van der Waals surface area contributed by atoms with Gasteiger partial charge < -0.3 is 10.4 Å². The number of nitro benzene ring substituents is 1. The quantitative estimate of drug-likeness (QED) is 0.652. The summed E-state index contributed by atoms with van der Waals surface area (Å²) >= 11 is 5.74. The maximum Gasteiger partial charge on any atom is 0.282 e. The molecule has 1 fully saturated rings. The van der Waals surface area contributed by atoms with Gasteiger partial charge in [0, 0.05) is 17.6 Å². The van der Waals surface area contributed by atoms with Crippen LogP contribution in [0.25, 0.3) is 0 Å². The molecule has 0 saturated heterocycles. The molecular formula is C12H13ClN2O4. The summed E-state index contributed by atoms with van der Waals surface area (Å²) in [7, 11) is 0. The third-order valence-corrected chi connectivity index (χ3v) is 3.50. The fourth-order valence-electron chi connectivity index (χ4n) is 1.95. The van der Waals surface area contributed by atoms with Crippen LogP contribution in [-0.4, -0.2) is 28.1 Å². The van der Waals surface area contributed by atoms with Gasteiger partial charge in [-0.15, -0.1) is 0 Å². The highest BCUT2D eigenvalue weighted by atomic mass is 35.5. The van der Waals surface area contributed by atoms with E-state index in [0.717, 1.165) is 6.42 Å². The normalized spacial score (nSPS) is 16.5. The van der Waals surface area contributed by atoms with Crippen molar-refractivity contribution in [1.82, 2.24) is 5.32 Å². The molecule has 1 amide bonds. The molecule has 0 aliphatic heterocycles. The predicted molar refractivity (Wildman–Crippen MR) is 69.2 cm³/mol. The van der Waals surface area contributed by atoms with E-state index in [0.29, 0.717) is 12.8 Å². The monoisotopic (exact) mass is 284 g/mol. The molecule has 0 spiro atoms. The van der Waals surface area contributed by atoms with E-state index in [1.165, 1.54) is 18.2 Å². The Morgan fingerprint density at radius 1 is 1.53 bits per heavy atom. The SMILES string of the molecule is O=C(NCC1(O)CCC1)c1cc(Cl)ccc1[N+](=O)[O-]. The van der Waals surface area contributed by atoms with Gasteiger partial charge in [0.2, 0.25) is 0 Å². The zero-order chi connectivity index (χ0) is 14.0. The lowest BCUT2D eigenvalue weighted by atomic mass is 9.80. The lowest BCUT2D eigenvalue weighted by molar-refractivity contribution is -0.385. The van der Waals surface area contributed by atoms with E-state index in [-0.39, 0.29) is 22.8 Å². The number of carbonyl (C=O) groups excluding carboxylic acids is 1. The molecule has 0 unspecified atom stereocenters. The van der Waals surface area contributed by atoms with E-state index in [1.54, 1.807) is 0 Å². The molecule has 1 saturated carbocycles. The van der Waals surface area contributed by atoms with Crippen molar-refractivity contribution in [2.24, 2.45) is 0 Å². The highest BCUT2D eigenvalue weighted by molar-refractivity contribution is 6.31. The number of nitrogens with zero attached hydrogens (tertiary/aromatic N) is 1. The van der Waals surface area contributed by atoms with Gasteiger partial charge in [-0.2, -0.15) is 0 Å². The molecule has 19 heavy (non-hydrogen) atoms. The molecule has 0 aromatic heterocycles. The number of carbonyl (C=O) groups is 1. The van der Waals surface area contributed by atoms with Crippen LogP contribution in [0.5, 0.6) is 0 Å². The minimum atomic E-state index is -0.872. The number of hydrogen-bond donors (Lipinski definition) is 2. The first-order valence-corrected chi connectivity index (χ1v) is 6.24. The van der Waals surface area contributed by atoms with E-state index in [2.05, 4.69) is 5.32 Å². The number of amides is 1. The fraction of sp³-hybridized carbons (Fsp3) is 0.417. The summed E-state index contributed by atoms with van der Waals surface area (Å²) in [5.74, 6) is -0.602. The summed E-state index contributed by atoms with van der Waals surface area (Å²) in [6.45, 7) is 0.0928. The lowest BCUT2D eigenvalue weighted by Gasteiger charge is -2.36. The summed E-state index contributed by atoms with van der Waals surface area (Å²) in [6, 6.07) is 3.80. The first-order chi connectivity index (χ1) is 8.91. The Hall–Kier alpha value is -1.66. The number of halogens is 1. The van der Waals surface area contributed by atoms with Gasteiger partial charge in [0.05, 0.1) is 10.5 Å². The Labute approximate surface area is 114 Å². The highest BCUT2D eigenvalue weighted by Crippen LogP contribution is 2.31. The average Bonchev–Trinajstić information content (AvgIpc) is 2.33. The Morgan fingerprint density at radius 3 is 2.74 bits per heavy atom. The Bertz CT molecular complexity index is 528. The predicted octanol–water partition coefficient (Wildman–Crippen LogP) is 1.89. The molecular weight excluding hydrogens is 272 g/mol. The van der Waals surface area contributed by atoms with Crippen LogP contribution in [0.3, 0.4) is 0 Å². The fourth-order valence-corrected chi connectivity index (χ4v) is 2.12. The number of hydrogen-bond acceptors (Lipinski definition) is 4. The topological polar surface area (TPSA) is 92.5 Å². The van der Waals surface area contributed by atoms with Gasteiger partial charge >= 0.3 is 0 Å². The van der Waals surface area contributed by atoms with E-state index < -0.39 is 16.4 Å². The molecule has 6 nitrogen and oxygen atoms in total. The Kier molecular flexibility index (Phi) is 3.73. The molecule has 0 heterocycles. The molecule has 1 aliphatic carbocycles. The van der Waals surface area contributed by atoms with Crippen molar-refractivity contribution >= 4 is 23.2 Å². The molecule has 1 aromatic rings. The zero-order valence-corrected chi connectivity index (χ0v) is 10.8. The molecule has 0 atom stereocenters. The van der Waals surface area contributed by atoms with Crippen molar-refractivity contribution in [1.29, 1.82) is 0 Å². The van der Waals surface area contributed by atoms with Crippen LogP contribution < -0.4 is 5.32 Å². The van der Waals surface area contributed by atoms with Crippen LogP contribution in [0.1, 0.15) is 29.6 Å². The van der Waals surface area contributed by atoms with Crippen molar-refractivity contribution in [3.63, 3.8) is 0 Å². The molecule has 102 valence electrons. The maximum atomic E-state index is 11.9. The van der Waals surface area contributed by atoms with Gasteiger partial charge in [0.25, 0.3) is 11.6 Å². The second-order valence-electron chi connectivity index (χ2n) is 4.68. The summed E-state index contributed by atoms with van der Waals surface area (Å²) in [4.78, 5) is 22.1. The highest BCUT2D eigenvalue weighted by Gasteiger charge is 2.35. The lowest BCUT2D eigenvalue weighted by Crippen LogP contribution is -2.47. The number of benzene rings is 1. The van der Waals surface area contributed by atoms with E-state index in [4.69, 9.17) is 11.6 Å². The number of nitrogens with one attached hydrogen (secondary N) is 1. The standard InChI is InChI=1S/C12H13ClN2O4/c13-8-2-3-10(15(18)19)9(6-8)11(16)14-7-12(17)4-1-5-12/h2-3,6,17H,1,4-5,7H2,(H,14,16). The van der Waals surface area contributed by atoms with Gasteiger partial charge in [-0.3, -0.25) is 14.9 Å². The third-order valence-electron chi connectivity index (χ3n) is 3.26. The van der Waals surface area contributed by atoms with Crippen molar-refractivity contribution in [3.8, 4) is 0 Å². The van der Waals surface area contributed by atoms with E-state index in [1.807, 2.05) is 0 Å². The molecule has 2 N–H and O–H groups in total. The number of aliphatic hydroxyl groups is 1. The second kappa shape index (κ2) is 5.14. The summed E-state index contributed by atoms with van der Waals surface area (Å²) in [6.07, 6.45) is 2.18. The second-order valence-corrected chi connectivity index (χ2v) is 5.12. The van der Waals surface area contributed by atoms with Crippen molar-refractivity contribution < 1.29 is 14.8 Å². The Balaban J connectivity index is 2.13. The minimum absolute atomic E-state index is 0.0928. The van der Waals surface area contributed by atoms with Gasteiger partial charge in [-0.1, -0.05) is 11.6 Å². The third kappa shape index (κ3) is 3.02. The summed E-state index contributed by atoms with van der Waals surface area (Å²) in [5.41, 5.74) is -1.27. The minimum Gasteiger partial charge on any atom is -0.388 e. The largest absolute Gasteiger partial charge is 0.388 e. The van der Waals surface area contributed by atoms with Crippen LogP contribution in [0.15, 0.2) is 18.2 Å². The van der Waals surface area contributed by atoms with Crippen LogP contribution in [0.4, 0.5) is 5.69 Å². The first kappa shape index (κ1) is 13.8. The average molecular weight is 285 g/mol. The van der Waals surface area contributed by atoms with Crippen LogP contribution in [0.2, 0.25) is 5.02 Å². The van der Waals surface area contributed by atoms with E-state index >= 15 is 0 Å². The van der Waals surface area contributed by atoms with E-state index in [9.17, 15) is 20.0 Å². The maximum absolute atomic E-state index is 11.9. The van der Waals surface area contributed by atoms with Crippen LogP contribution >= 0.6 is 11.6 Å². The van der Waals surface area contributed by atoms with Crippen LogP contribution in [0, 0.1) is 10.1 Å². The van der Waals surface area contributed by atoms with Gasteiger partial charge in [0.1, 0.15) is 5.56 Å². The first-order valence-electron chi connectivity index (χ1n) is 5.86.